The molecule has 0 unspecified atom stereocenters. The summed E-state index contributed by atoms with van der Waals surface area (Å²) in [4.78, 5) is 4.60. The summed E-state index contributed by atoms with van der Waals surface area (Å²) in [5, 5.41) is 0. The molecule has 4 rings (SSSR count). The highest BCUT2D eigenvalue weighted by molar-refractivity contribution is 5.60. The minimum absolute atomic E-state index is 0.380. The summed E-state index contributed by atoms with van der Waals surface area (Å²) in [7, 11) is 0. The molecule has 0 amide bonds. The molecule has 0 spiro atoms. The van der Waals surface area contributed by atoms with Crippen LogP contribution in [0.25, 0.3) is 11.4 Å². The van der Waals surface area contributed by atoms with Gasteiger partial charge in [0.05, 0.1) is 6.61 Å². The van der Waals surface area contributed by atoms with Crippen LogP contribution in [0.1, 0.15) is 37.3 Å². The molecule has 2 aromatic rings. The van der Waals surface area contributed by atoms with Gasteiger partial charge < -0.3 is 15.0 Å². The summed E-state index contributed by atoms with van der Waals surface area (Å²) < 4.78 is 7.92. The minimum atomic E-state index is 0.380. The SMILES string of the molecule is NC1CCC(n2ccnc2-c2ccc3c(c2)CCO3)CC1. The lowest BCUT2D eigenvalue weighted by Gasteiger charge is -2.28. The van der Waals surface area contributed by atoms with Crippen LogP contribution in [0.2, 0.25) is 0 Å². The molecule has 1 fully saturated rings. The lowest BCUT2D eigenvalue weighted by Crippen LogP contribution is -2.27. The summed E-state index contributed by atoms with van der Waals surface area (Å²) >= 11 is 0. The van der Waals surface area contributed by atoms with Crippen LogP contribution in [0, 0.1) is 0 Å². The van der Waals surface area contributed by atoms with Gasteiger partial charge in [-0.2, -0.15) is 0 Å². The zero-order valence-corrected chi connectivity index (χ0v) is 12.2. The third kappa shape index (κ3) is 2.33. The maximum Gasteiger partial charge on any atom is 0.140 e. The number of fused-ring (bicyclic) bond motifs is 1. The monoisotopic (exact) mass is 283 g/mol. The molecule has 0 radical (unpaired) electrons. The fraction of sp³-hybridized carbons (Fsp3) is 0.471. The molecule has 0 bridgehead atoms. The number of hydrogen-bond donors (Lipinski definition) is 1. The van der Waals surface area contributed by atoms with Crippen molar-refractivity contribution in [2.24, 2.45) is 5.73 Å². The molecule has 2 N–H and O–H groups in total. The molecule has 1 saturated carbocycles. The van der Waals surface area contributed by atoms with Crippen molar-refractivity contribution in [3.63, 3.8) is 0 Å². The molecule has 1 aromatic carbocycles. The van der Waals surface area contributed by atoms with Gasteiger partial charge in [-0.3, -0.25) is 0 Å². The van der Waals surface area contributed by atoms with Crippen LogP contribution in [0.4, 0.5) is 0 Å². The largest absolute Gasteiger partial charge is 0.493 e. The summed E-state index contributed by atoms with van der Waals surface area (Å²) in [5.41, 5.74) is 8.51. The van der Waals surface area contributed by atoms with Crippen molar-refractivity contribution in [2.75, 3.05) is 6.61 Å². The van der Waals surface area contributed by atoms with Crippen LogP contribution < -0.4 is 10.5 Å². The fourth-order valence-corrected chi connectivity index (χ4v) is 3.54. The second kappa shape index (κ2) is 5.19. The molecule has 21 heavy (non-hydrogen) atoms. The van der Waals surface area contributed by atoms with E-state index in [4.69, 9.17) is 10.5 Å². The topological polar surface area (TPSA) is 53.1 Å². The highest BCUT2D eigenvalue weighted by Gasteiger charge is 2.22. The minimum Gasteiger partial charge on any atom is -0.493 e. The fourth-order valence-electron chi connectivity index (χ4n) is 3.54. The second-order valence-electron chi connectivity index (χ2n) is 6.15. The van der Waals surface area contributed by atoms with Crippen LogP contribution in [-0.4, -0.2) is 22.2 Å². The van der Waals surface area contributed by atoms with Crippen molar-refractivity contribution in [3.8, 4) is 17.1 Å². The zero-order valence-electron chi connectivity index (χ0n) is 12.2. The van der Waals surface area contributed by atoms with Crippen molar-refractivity contribution in [1.29, 1.82) is 0 Å². The third-order valence-electron chi connectivity index (χ3n) is 4.75. The quantitative estimate of drug-likeness (QED) is 0.922. The van der Waals surface area contributed by atoms with Gasteiger partial charge in [-0.1, -0.05) is 0 Å². The highest BCUT2D eigenvalue weighted by atomic mass is 16.5. The Labute approximate surface area is 124 Å². The Balaban J connectivity index is 1.65. The number of benzene rings is 1. The average molecular weight is 283 g/mol. The van der Waals surface area contributed by atoms with E-state index in [1.165, 1.54) is 11.1 Å². The van der Waals surface area contributed by atoms with Gasteiger partial charge in [0, 0.05) is 36.5 Å². The van der Waals surface area contributed by atoms with Gasteiger partial charge in [-0.25, -0.2) is 4.98 Å². The first-order valence-electron chi connectivity index (χ1n) is 7.86. The van der Waals surface area contributed by atoms with Gasteiger partial charge in [0.2, 0.25) is 0 Å². The van der Waals surface area contributed by atoms with E-state index in [2.05, 4.69) is 33.9 Å². The van der Waals surface area contributed by atoms with Gasteiger partial charge in [0.15, 0.2) is 0 Å². The van der Waals surface area contributed by atoms with Gasteiger partial charge >= 0.3 is 0 Å². The molecule has 110 valence electrons. The van der Waals surface area contributed by atoms with Crippen molar-refractivity contribution >= 4 is 0 Å². The lowest BCUT2D eigenvalue weighted by molar-refractivity contribution is 0.325. The Kier molecular flexibility index (Phi) is 3.19. The predicted octanol–water partition coefficient (Wildman–Crippen LogP) is 2.93. The zero-order chi connectivity index (χ0) is 14.2. The maximum atomic E-state index is 6.02. The second-order valence-corrected chi connectivity index (χ2v) is 6.15. The van der Waals surface area contributed by atoms with E-state index in [-0.39, 0.29) is 0 Å². The molecule has 2 heterocycles. The van der Waals surface area contributed by atoms with Gasteiger partial charge in [0.25, 0.3) is 0 Å². The van der Waals surface area contributed by atoms with E-state index >= 15 is 0 Å². The first-order valence-corrected chi connectivity index (χ1v) is 7.86. The number of imidazole rings is 1. The first kappa shape index (κ1) is 12.9. The standard InChI is InChI=1S/C17H21N3O/c18-14-2-4-15(5-3-14)20-9-8-19-17(20)13-1-6-16-12(11-13)7-10-21-16/h1,6,8-9,11,14-15H,2-5,7,10,18H2. The van der Waals surface area contributed by atoms with Crippen LogP contribution in [0.5, 0.6) is 5.75 Å². The van der Waals surface area contributed by atoms with Gasteiger partial charge in [-0.15, -0.1) is 0 Å². The molecule has 1 aromatic heterocycles. The smallest absolute Gasteiger partial charge is 0.140 e. The molecular formula is C17H21N3O. The molecule has 1 aliphatic heterocycles. The van der Waals surface area contributed by atoms with E-state index in [9.17, 15) is 0 Å². The molecule has 0 saturated heterocycles. The molecule has 4 heteroatoms. The first-order chi connectivity index (χ1) is 10.3. The summed E-state index contributed by atoms with van der Waals surface area (Å²) in [6.45, 7) is 0.799. The van der Waals surface area contributed by atoms with E-state index < -0.39 is 0 Å². The van der Waals surface area contributed by atoms with Crippen LogP contribution in [-0.2, 0) is 6.42 Å². The third-order valence-corrected chi connectivity index (χ3v) is 4.75. The molecule has 2 aliphatic rings. The van der Waals surface area contributed by atoms with Crippen LogP contribution in [0.3, 0.4) is 0 Å². The van der Waals surface area contributed by atoms with E-state index in [0.717, 1.165) is 50.3 Å². The summed E-state index contributed by atoms with van der Waals surface area (Å²) in [5.74, 6) is 2.10. The Morgan fingerprint density at radius 3 is 2.90 bits per heavy atom. The maximum absolute atomic E-state index is 6.02. The van der Waals surface area contributed by atoms with E-state index in [1.807, 2.05) is 6.20 Å². The number of aromatic nitrogens is 2. The van der Waals surface area contributed by atoms with E-state index in [1.54, 1.807) is 0 Å². The molecule has 4 nitrogen and oxygen atoms in total. The van der Waals surface area contributed by atoms with Crippen LogP contribution >= 0.6 is 0 Å². The van der Waals surface area contributed by atoms with Crippen molar-refractivity contribution in [2.45, 2.75) is 44.2 Å². The Morgan fingerprint density at radius 1 is 1.19 bits per heavy atom. The van der Waals surface area contributed by atoms with Crippen molar-refractivity contribution < 1.29 is 4.74 Å². The molecule has 1 aliphatic carbocycles. The summed E-state index contributed by atoms with van der Waals surface area (Å²) in [6.07, 6.45) is 9.55. The Morgan fingerprint density at radius 2 is 2.05 bits per heavy atom. The van der Waals surface area contributed by atoms with Crippen LogP contribution in [0.15, 0.2) is 30.6 Å². The number of nitrogens with zero attached hydrogens (tertiary/aromatic N) is 2. The summed E-state index contributed by atoms with van der Waals surface area (Å²) in [6, 6.07) is 7.35. The molecular weight excluding hydrogens is 262 g/mol. The molecule has 0 atom stereocenters. The number of ether oxygens (including phenoxy) is 1. The highest BCUT2D eigenvalue weighted by Crippen LogP contribution is 2.34. The van der Waals surface area contributed by atoms with Crippen molar-refractivity contribution in [1.82, 2.24) is 9.55 Å². The van der Waals surface area contributed by atoms with Gasteiger partial charge in [-0.05, 0) is 49.4 Å². The number of nitrogens with two attached hydrogens (primary N) is 1. The Bertz CT molecular complexity index is 641. The van der Waals surface area contributed by atoms with Crippen molar-refractivity contribution in [3.05, 3.63) is 36.2 Å². The lowest BCUT2D eigenvalue weighted by atomic mass is 9.91. The van der Waals surface area contributed by atoms with Gasteiger partial charge in [0.1, 0.15) is 11.6 Å². The average Bonchev–Trinajstić information content (AvgIpc) is 3.16. The Hall–Kier alpha value is -1.81. The predicted molar refractivity (Wildman–Crippen MR) is 82.3 cm³/mol. The number of hydrogen-bond acceptors (Lipinski definition) is 3. The van der Waals surface area contributed by atoms with E-state index in [0.29, 0.717) is 12.1 Å². The number of rotatable bonds is 2. The normalized spacial score (nSPS) is 24.6.